The number of hydrogen-bond donors (Lipinski definition) is 1. The van der Waals surface area contributed by atoms with Crippen LogP contribution in [0.2, 0.25) is 5.02 Å². The molecular weight excluding hydrogens is 260 g/mol. The van der Waals surface area contributed by atoms with E-state index in [-0.39, 0.29) is 6.10 Å². The third kappa shape index (κ3) is 4.23. The topological polar surface area (TPSA) is 34.1 Å². The lowest BCUT2D eigenvalue weighted by Gasteiger charge is -2.19. The van der Waals surface area contributed by atoms with Crippen molar-refractivity contribution >= 4 is 11.6 Å². The summed E-state index contributed by atoms with van der Waals surface area (Å²) in [6.07, 6.45) is 3.21. The van der Waals surface area contributed by atoms with E-state index in [4.69, 9.17) is 16.3 Å². The van der Waals surface area contributed by atoms with Gasteiger partial charge in [-0.3, -0.25) is 4.98 Å². The lowest BCUT2D eigenvalue weighted by Crippen LogP contribution is -2.24. The van der Waals surface area contributed by atoms with Crippen molar-refractivity contribution in [2.24, 2.45) is 0 Å². The van der Waals surface area contributed by atoms with Crippen LogP contribution in [0, 0.1) is 0 Å². The van der Waals surface area contributed by atoms with Crippen molar-refractivity contribution in [3.63, 3.8) is 0 Å². The summed E-state index contributed by atoms with van der Waals surface area (Å²) in [6.45, 7) is 3.72. The Morgan fingerprint density at radius 2 is 2.05 bits per heavy atom. The fourth-order valence-electron chi connectivity index (χ4n) is 1.79. The molecule has 2 aromatic rings. The highest BCUT2D eigenvalue weighted by Gasteiger charge is 2.12. The Bertz CT molecular complexity index is 505. The number of nitrogens with one attached hydrogen (secondary N) is 1. The average molecular weight is 277 g/mol. The van der Waals surface area contributed by atoms with E-state index >= 15 is 0 Å². The molecule has 0 aliphatic carbocycles. The zero-order chi connectivity index (χ0) is 13.5. The van der Waals surface area contributed by atoms with E-state index in [2.05, 4.69) is 29.4 Å². The second-order valence-electron chi connectivity index (χ2n) is 4.16. The zero-order valence-corrected chi connectivity index (χ0v) is 11.6. The lowest BCUT2D eigenvalue weighted by molar-refractivity contribution is 0.202. The molecule has 0 bridgehead atoms. The quantitative estimate of drug-likeness (QED) is 0.877. The highest BCUT2D eigenvalue weighted by atomic mass is 35.5. The summed E-state index contributed by atoms with van der Waals surface area (Å²) >= 11 is 5.92. The first-order valence-corrected chi connectivity index (χ1v) is 6.70. The monoisotopic (exact) mass is 276 g/mol. The van der Waals surface area contributed by atoms with E-state index in [1.54, 1.807) is 18.5 Å². The van der Waals surface area contributed by atoms with Crippen LogP contribution in [0.15, 0.2) is 48.8 Å². The van der Waals surface area contributed by atoms with Gasteiger partial charge in [-0.05, 0) is 12.1 Å². The second kappa shape index (κ2) is 7.12. The Kier molecular flexibility index (Phi) is 5.19. The van der Waals surface area contributed by atoms with Crippen LogP contribution in [-0.2, 0) is 0 Å². The van der Waals surface area contributed by atoms with Crippen molar-refractivity contribution in [1.82, 2.24) is 10.3 Å². The predicted octanol–water partition coefficient (Wildman–Crippen LogP) is 3.46. The van der Waals surface area contributed by atoms with Gasteiger partial charge >= 0.3 is 0 Å². The minimum atomic E-state index is -0.0542. The number of benzene rings is 1. The van der Waals surface area contributed by atoms with Crippen LogP contribution in [0.1, 0.15) is 18.6 Å². The van der Waals surface area contributed by atoms with Gasteiger partial charge in [-0.25, -0.2) is 0 Å². The van der Waals surface area contributed by atoms with Crippen molar-refractivity contribution in [2.75, 3.05) is 13.1 Å². The van der Waals surface area contributed by atoms with Gasteiger partial charge in [0.1, 0.15) is 11.9 Å². The normalized spacial score (nSPS) is 12.1. The van der Waals surface area contributed by atoms with Crippen LogP contribution in [-0.4, -0.2) is 18.1 Å². The molecule has 19 heavy (non-hydrogen) atoms. The molecule has 1 N–H and O–H groups in total. The van der Waals surface area contributed by atoms with Crippen LogP contribution in [0.4, 0.5) is 0 Å². The standard InChI is InChI=1S/C15H17ClN2O/c1-2-17-11-15(12-6-4-3-5-7-12)19-14-8-13(16)9-18-10-14/h3-10,15,17H,2,11H2,1H3. The summed E-state index contributed by atoms with van der Waals surface area (Å²) in [6, 6.07) is 11.9. The van der Waals surface area contributed by atoms with E-state index in [0.29, 0.717) is 10.8 Å². The molecule has 1 unspecified atom stereocenters. The first-order valence-electron chi connectivity index (χ1n) is 6.32. The Morgan fingerprint density at radius 3 is 2.74 bits per heavy atom. The summed E-state index contributed by atoms with van der Waals surface area (Å²) in [5.74, 6) is 0.680. The van der Waals surface area contributed by atoms with Gasteiger partial charge in [0, 0.05) is 18.8 Å². The molecule has 100 valence electrons. The number of pyridine rings is 1. The predicted molar refractivity (Wildman–Crippen MR) is 77.6 cm³/mol. The Morgan fingerprint density at radius 1 is 1.26 bits per heavy atom. The average Bonchev–Trinajstić information content (AvgIpc) is 2.44. The van der Waals surface area contributed by atoms with Crippen molar-refractivity contribution in [2.45, 2.75) is 13.0 Å². The number of hydrogen-bond acceptors (Lipinski definition) is 3. The lowest BCUT2D eigenvalue weighted by atomic mass is 10.1. The Labute approximate surface area is 118 Å². The van der Waals surface area contributed by atoms with Gasteiger partial charge in [0.25, 0.3) is 0 Å². The smallest absolute Gasteiger partial charge is 0.140 e. The summed E-state index contributed by atoms with van der Waals surface area (Å²) in [4.78, 5) is 4.03. The summed E-state index contributed by atoms with van der Waals surface area (Å²) in [7, 11) is 0. The molecule has 0 aliphatic rings. The van der Waals surface area contributed by atoms with Gasteiger partial charge < -0.3 is 10.1 Å². The molecular formula is C15H17ClN2O. The zero-order valence-electron chi connectivity index (χ0n) is 10.8. The van der Waals surface area contributed by atoms with E-state index in [0.717, 1.165) is 18.7 Å². The molecule has 0 amide bonds. The molecule has 3 nitrogen and oxygen atoms in total. The van der Waals surface area contributed by atoms with Gasteiger partial charge in [-0.2, -0.15) is 0 Å². The largest absolute Gasteiger partial charge is 0.483 e. The Hall–Kier alpha value is -1.58. The van der Waals surface area contributed by atoms with Crippen LogP contribution >= 0.6 is 11.6 Å². The van der Waals surface area contributed by atoms with E-state index < -0.39 is 0 Å². The molecule has 0 saturated carbocycles. The Balaban J connectivity index is 2.14. The minimum Gasteiger partial charge on any atom is -0.483 e. The molecule has 0 fully saturated rings. The number of likely N-dealkylation sites (N-methyl/N-ethyl adjacent to an activating group) is 1. The van der Waals surface area contributed by atoms with Gasteiger partial charge in [-0.1, -0.05) is 48.9 Å². The first kappa shape index (κ1) is 13.8. The number of rotatable bonds is 6. The molecule has 0 spiro atoms. The number of nitrogens with zero attached hydrogens (tertiary/aromatic N) is 1. The molecule has 2 rings (SSSR count). The van der Waals surface area contributed by atoms with Crippen LogP contribution < -0.4 is 10.1 Å². The van der Waals surface area contributed by atoms with Gasteiger partial charge in [-0.15, -0.1) is 0 Å². The van der Waals surface area contributed by atoms with Crippen molar-refractivity contribution in [3.8, 4) is 5.75 Å². The molecule has 0 saturated heterocycles. The van der Waals surface area contributed by atoms with Crippen molar-refractivity contribution < 1.29 is 4.74 Å². The highest BCUT2D eigenvalue weighted by Crippen LogP contribution is 2.23. The fourth-order valence-corrected chi connectivity index (χ4v) is 1.96. The van der Waals surface area contributed by atoms with Crippen LogP contribution in [0.25, 0.3) is 0 Å². The minimum absolute atomic E-state index is 0.0542. The van der Waals surface area contributed by atoms with E-state index in [1.807, 2.05) is 18.2 Å². The number of halogens is 1. The van der Waals surface area contributed by atoms with Gasteiger partial charge in [0.2, 0.25) is 0 Å². The van der Waals surface area contributed by atoms with Crippen molar-refractivity contribution in [3.05, 3.63) is 59.4 Å². The van der Waals surface area contributed by atoms with Crippen LogP contribution in [0.3, 0.4) is 0 Å². The number of ether oxygens (including phenoxy) is 1. The van der Waals surface area contributed by atoms with Gasteiger partial charge in [0.05, 0.1) is 11.2 Å². The molecule has 1 heterocycles. The van der Waals surface area contributed by atoms with Crippen molar-refractivity contribution in [1.29, 1.82) is 0 Å². The van der Waals surface area contributed by atoms with Crippen LogP contribution in [0.5, 0.6) is 5.75 Å². The molecule has 1 atom stereocenters. The summed E-state index contributed by atoms with van der Waals surface area (Å²) in [5, 5.41) is 3.88. The summed E-state index contributed by atoms with van der Waals surface area (Å²) < 4.78 is 5.97. The SMILES string of the molecule is CCNCC(Oc1cncc(Cl)c1)c1ccccc1. The maximum Gasteiger partial charge on any atom is 0.140 e. The maximum absolute atomic E-state index is 5.97. The molecule has 1 aromatic carbocycles. The molecule has 0 radical (unpaired) electrons. The highest BCUT2D eigenvalue weighted by molar-refractivity contribution is 6.30. The second-order valence-corrected chi connectivity index (χ2v) is 4.60. The maximum atomic E-state index is 5.97. The third-order valence-electron chi connectivity index (χ3n) is 2.71. The first-order chi connectivity index (χ1) is 9.29. The fraction of sp³-hybridized carbons (Fsp3) is 0.267. The molecule has 1 aromatic heterocycles. The molecule has 4 heteroatoms. The van der Waals surface area contributed by atoms with E-state index in [9.17, 15) is 0 Å². The third-order valence-corrected chi connectivity index (χ3v) is 2.92. The molecule has 0 aliphatic heterocycles. The van der Waals surface area contributed by atoms with Gasteiger partial charge in [0.15, 0.2) is 0 Å². The summed E-state index contributed by atoms with van der Waals surface area (Å²) in [5.41, 5.74) is 1.13. The number of aromatic nitrogens is 1. The van der Waals surface area contributed by atoms with E-state index in [1.165, 1.54) is 0 Å².